The van der Waals surface area contributed by atoms with Gasteiger partial charge in [0.25, 0.3) is 0 Å². The maximum Gasteiger partial charge on any atom is 0.172 e. The third-order valence-electron chi connectivity index (χ3n) is 3.63. The summed E-state index contributed by atoms with van der Waals surface area (Å²) in [5.41, 5.74) is 11.1. The molecule has 0 aliphatic carbocycles. The molecule has 0 atom stereocenters. The van der Waals surface area contributed by atoms with Crippen LogP contribution in [0.25, 0.3) is 21.8 Å². The lowest BCUT2D eigenvalue weighted by Crippen LogP contribution is -1.95. The maximum atomic E-state index is 7.11. The van der Waals surface area contributed by atoms with E-state index in [-0.39, 0.29) is 0 Å². The van der Waals surface area contributed by atoms with Crippen LogP contribution in [0.2, 0.25) is 5.15 Å². The summed E-state index contributed by atoms with van der Waals surface area (Å²) in [6.07, 6.45) is 4.10. The second-order valence-corrected chi connectivity index (χ2v) is 5.90. The number of para-hydroxylation sites is 2. The fraction of sp³-hybridized carbons (Fsp3) is 0.375. The van der Waals surface area contributed by atoms with Crippen LogP contribution in [0.5, 0.6) is 0 Å². The zero-order chi connectivity index (χ0) is 34.6. The van der Waals surface area contributed by atoms with Gasteiger partial charge in [-0.05, 0) is 24.3 Å². The number of aromatic nitrogens is 4. The molecule has 0 saturated heterocycles. The van der Waals surface area contributed by atoms with Gasteiger partial charge in [-0.1, -0.05) is 119 Å². The third kappa shape index (κ3) is 20.3. The van der Waals surface area contributed by atoms with Crippen molar-refractivity contribution in [2.75, 3.05) is 0 Å². The van der Waals surface area contributed by atoms with Gasteiger partial charge in [-0.3, -0.25) is 5.41 Å². The lowest BCUT2D eigenvalue weighted by molar-refractivity contribution is 1.17. The van der Waals surface area contributed by atoms with Crippen LogP contribution in [0, 0.1) is 16.2 Å². The number of nitrogens with zero attached hydrogens (tertiary/aromatic N) is 5. The number of nitrogens with two attached hydrogens (primary N) is 2. The molecule has 2 aromatic heterocycles. The van der Waals surface area contributed by atoms with E-state index in [1.165, 1.54) is 6.34 Å². The molecule has 0 spiro atoms. The number of rotatable bonds is 3. The first-order valence-electron chi connectivity index (χ1n) is 14.7. The van der Waals surface area contributed by atoms with Gasteiger partial charge in [-0.25, -0.2) is 24.9 Å². The summed E-state index contributed by atoms with van der Waals surface area (Å²) < 4.78 is 0. The fourth-order valence-electron chi connectivity index (χ4n) is 2.43. The first-order chi connectivity index (χ1) is 21.1. The first-order valence-corrected chi connectivity index (χ1v) is 15.1. The first kappa shape index (κ1) is 48.4. The molecule has 0 unspecified atom stereocenters. The Balaban J connectivity index is -0.000000156. The highest BCUT2D eigenvalue weighted by molar-refractivity contribution is 6.34. The van der Waals surface area contributed by atoms with E-state index in [2.05, 4.69) is 30.7 Å². The number of nitrogens with one attached hydrogen (secondary N) is 3. The van der Waals surface area contributed by atoms with Crippen molar-refractivity contribution in [2.45, 2.75) is 83.1 Å². The Morgan fingerprint density at radius 3 is 1.33 bits per heavy atom. The van der Waals surface area contributed by atoms with E-state index in [0.717, 1.165) is 40.6 Å². The Kier molecular flexibility index (Phi) is 42.4. The standard InChI is InChI=1S/C10H9N5.C9H6ClN3.6C2H6.CH4N2/c11-5-9-14-8-4-2-1-3-7(8)10(15-9)13-6-12;10-9-6-3-1-2-4-7(6)12-8(5-11)13-9;6*1-2;2-1-3/h1-6,11H,(H2,12,13,14,15);1-5,11H;6*1-2H3;1H,(H3,2,3). The van der Waals surface area contributed by atoms with Gasteiger partial charge in [0.2, 0.25) is 0 Å². The van der Waals surface area contributed by atoms with Crippen LogP contribution in [-0.2, 0) is 0 Å². The van der Waals surface area contributed by atoms with Gasteiger partial charge in [0.05, 0.1) is 36.1 Å². The van der Waals surface area contributed by atoms with Crippen molar-refractivity contribution >= 4 is 64.3 Å². The molecule has 0 saturated carbocycles. The highest BCUT2D eigenvalue weighted by Gasteiger charge is 2.04. The van der Waals surface area contributed by atoms with E-state index in [1.807, 2.05) is 132 Å². The van der Waals surface area contributed by atoms with Gasteiger partial charge in [0, 0.05) is 10.8 Å². The second kappa shape index (κ2) is 37.7. The van der Waals surface area contributed by atoms with Crippen molar-refractivity contribution in [3.05, 3.63) is 65.3 Å². The number of hydrogen-bond donors (Lipinski definition) is 5. The van der Waals surface area contributed by atoms with E-state index in [9.17, 15) is 0 Å². The fourth-order valence-corrected chi connectivity index (χ4v) is 2.68. The lowest BCUT2D eigenvalue weighted by atomic mass is 10.2. The molecule has 0 radical (unpaired) electrons. The molecule has 240 valence electrons. The normalized spacial score (nSPS) is 8.02. The van der Waals surface area contributed by atoms with E-state index in [0.29, 0.717) is 22.6 Å². The molecule has 4 rings (SSSR count). The SMILES string of the molecule is CC.CC.CC.CC.CC.CC.N=CN.N=Cc1nc(Cl)c2ccccc2n1.N=Cc1nc(N=CN)c2ccccc2n1. The van der Waals surface area contributed by atoms with Crippen LogP contribution >= 0.6 is 11.6 Å². The minimum absolute atomic E-state index is 0.328. The minimum atomic E-state index is 0.328. The molecule has 0 fully saturated rings. The highest BCUT2D eigenvalue weighted by Crippen LogP contribution is 2.21. The Bertz CT molecular complexity index is 1250. The van der Waals surface area contributed by atoms with Crippen LogP contribution in [-0.4, -0.2) is 45.0 Å². The van der Waals surface area contributed by atoms with Crippen molar-refractivity contribution in [2.24, 2.45) is 16.5 Å². The molecule has 11 heteroatoms. The molecule has 0 aliphatic heterocycles. The molecule has 43 heavy (non-hydrogen) atoms. The predicted octanol–water partition coefficient (Wildman–Crippen LogP) is 9.24. The minimum Gasteiger partial charge on any atom is -0.390 e. The van der Waals surface area contributed by atoms with E-state index < -0.39 is 0 Å². The van der Waals surface area contributed by atoms with Gasteiger partial charge in [-0.2, -0.15) is 0 Å². The number of aliphatic imine (C=N–C) groups is 1. The quantitative estimate of drug-likeness (QED) is 0.0867. The Labute approximate surface area is 265 Å². The Morgan fingerprint density at radius 2 is 0.930 bits per heavy atom. The monoisotopic (exact) mass is 614 g/mol. The molecule has 2 heterocycles. The predicted molar refractivity (Wildman–Crippen MR) is 193 cm³/mol. The molecule has 0 bridgehead atoms. The molecule has 0 amide bonds. The summed E-state index contributed by atoms with van der Waals surface area (Å²) in [7, 11) is 0. The van der Waals surface area contributed by atoms with E-state index in [1.54, 1.807) is 0 Å². The number of fused-ring (bicyclic) bond motifs is 2. The van der Waals surface area contributed by atoms with Crippen LogP contribution in [0.3, 0.4) is 0 Å². The maximum absolute atomic E-state index is 7.11. The van der Waals surface area contributed by atoms with Gasteiger partial charge in [0.1, 0.15) is 5.15 Å². The van der Waals surface area contributed by atoms with Crippen LogP contribution in [0.15, 0.2) is 53.5 Å². The van der Waals surface area contributed by atoms with Gasteiger partial charge in [-0.15, -0.1) is 0 Å². The van der Waals surface area contributed by atoms with Crippen LogP contribution in [0.4, 0.5) is 5.82 Å². The zero-order valence-corrected chi connectivity index (χ0v) is 29.0. The summed E-state index contributed by atoms with van der Waals surface area (Å²) in [6, 6.07) is 14.9. The molecule has 0 aliphatic rings. The van der Waals surface area contributed by atoms with E-state index >= 15 is 0 Å². The summed E-state index contributed by atoms with van der Waals surface area (Å²) in [5.74, 6) is 1.15. The average Bonchev–Trinajstić information content (AvgIpc) is 3.11. The third-order valence-corrected chi connectivity index (χ3v) is 3.92. The second-order valence-electron chi connectivity index (χ2n) is 5.55. The number of hydrogen-bond acceptors (Lipinski definition) is 8. The van der Waals surface area contributed by atoms with Gasteiger partial charge < -0.3 is 22.3 Å². The average molecular weight is 615 g/mol. The van der Waals surface area contributed by atoms with Crippen molar-refractivity contribution in [1.29, 1.82) is 16.2 Å². The zero-order valence-electron chi connectivity index (χ0n) is 28.2. The summed E-state index contributed by atoms with van der Waals surface area (Å²) in [4.78, 5) is 20.2. The lowest BCUT2D eigenvalue weighted by Gasteiger charge is -2.01. The summed E-state index contributed by atoms with van der Waals surface area (Å²) >= 11 is 5.89. The molecular formula is C32H55ClN10. The van der Waals surface area contributed by atoms with Crippen molar-refractivity contribution < 1.29 is 0 Å². The topological polar surface area (TPSA) is 188 Å². The molecule has 7 N–H and O–H groups in total. The molecular weight excluding hydrogens is 560 g/mol. The highest BCUT2D eigenvalue weighted by atomic mass is 35.5. The number of halogens is 1. The van der Waals surface area contributed by atoms with Gasteiger partial charge >= 0.3 is 0 Å². The summed E-state index contributed by atoms with van der Waals surface area (Å²) in [5, 5.41) is 22.0. The van der Waals surface area contributed by atoms with Gasteiger partial charge in [0.15, 0.2) is 17.5 Å². The molecule has 10 nitrogen and oxygen atoms in total. The largest absolute Gasteiger partial charge is 0.390 e. The van der Waals surface area contributed by atoms with Crippen molar-refractivity contribution in [1.82, 2.24) is 19.9 Å². The Morgan fingerprint density at radius 1 is 0.581 bits per heavy atom. The smallest absolute Gasteiger partial charge is 0.172 e. The van der Waals surface area contributed by atoms with Crippen molar-refractivity contribution in [3.8, 4) is 0 Å². The number of benzene rings is 2. The molecule has 2 aromatic carbocycles. The molecule has 4 aromatic rings. The van der Waals surface area contributed by atoms with E-state index in [4.69, 9.17) is 33.6 Å². The Hall–Kier alpha value is -4.31. The van der Waals surface area contributed by atoms with Crippen LogP contribution < -0.4 is 11.5 Å². The summed E-state index contributed by atoms with van der Waals surface area (Å²) in [6.45, 7) is 24.0. The van der Waals surface area contributed by atoms with Crippen LogP contribution in [0.1, 0.15) is 94.7 Å². The van der Waals surface area contributed by atoms with Crippen molar-refractivity contribution in [3.63, 3.8) is 0 Å².